The van der Waals surface area contributed by atoms with E-state index in [1.54, 1.807) is 0 Å². The van der Waals surface area contributed by atoms with E-state index >= 15 is 0 Å². The van der Waals surface area contributed by atoms with E-state index in [1.165, 1.54) is 222 Å². The molecule has 4 heteroatoms. The number of hydrogen-bond acceptors (Lipinski definition) is 0. The van der Waals surface area contributed by atoms with E-state index < -0.39 is 0 Å². The quantitative estimate of drug-likeness (QED) is 0.0463. The topological polar surface area (TPSA) is 9.86 Å². The van der Waals surface area contributed by atoms with Crippen LogP contribution in [0.3, 0.4) is 0 Å². The van der Waals surface area contributed by atoms with E-state index in [-0.39, 0.29) is 0 Å². The summed E-state index contributed by atoms with van der Waals surface area (Å²) in [5.41, 5.74) is 5.90. The van der Waals surface area contributed by atoms with Crippen molar-refractivity contribution in [2.45, 2.75) is 220 Å². The van der Waals surface area contributed by atoms with Crippen LogP contribution in [0.5, 0.6) is 0 Å². The minimum Gasteiger partial charge on any atom is -0.336 e. The van der Waals surface area contributed by atoms with E-state index in [9.17, 15) is 0 Å². The van der Waals surface area contributed by atoms with Crippen molar-refractivity contribution in [3.05, 3.63) is 45.3 Å². The average Bonchev–Trinajstić information content (AvgIpc) is 3.63. The highest BCUT2D eigenvalue weighted by Gasteiger charge is 2.27. The Morgan fingerprint density at radius 3 is 0.942 bits per heavy atom. The molecule has 0 unspecified atom stereocenters. The smallest absolute Gasteiger partial charge is 0.0756 e. The van der Waals surface area contributed by atoms with Gasteiger partial charge in [-0.25, -0.2) is 0 Å². The molecule has 2 aromatic carbocycles. The predicted octanol–water partition coefficient (Wildman–Crippen LogP) is 18.4. The van der Waals surface area contributed by atoms with Gasteiger partial charge < -0.3 is 9.13 Å². The Morgan fingerprint density at radius 2 is 0.654 bits per heavy atom. The molecule has 0 atom stereocenters. The summed E-state index contributed by atoms with van der Waals surface area (Å²) in [6.07, 6.45) is 37.9. The van der Waals surface area contributed by atoms with Gasteiger partial charge in [0.25, 0.3) is 0 Å². The van der Waals surface area contributed by atoms with Crippen molar-refractivity contribution in [2.24, 2.45) is 0 Å². The van der Waals surface area contributed by atoms with Gasteiger partial charge in [0, 0.05) is 31.8 Å². The first kappa shape index (κ1) is 43.5. The first-order valence-electron chi connectivity index (χ1n) is 22.5. The SMILES string of the molecule is CCCCCCCCC(CCCCCCCC)n1c2cc(Br)ccc2c2c1c1ccc(Br)cc1n2C(CCCCCCCC)CCCCCCCC. The van der Waals surface area contributed by atoms with Gasteiger partial charge in [0.1, 0.15) is 0 Å². The van der Waals surface area contributed by atoms with Crippen LogP contribution in [-0.2, 0) is 0 Å². The van der Waals surface area contributed by atoms with Crippen LogP contribution in [0.1, 0.15) is 220 Å². The number of fused-ring (bicyclic) bond motifs is 5. The Labute approximate surface area is 336 Å². The Bertz CT molecular complexity index is 1400. The molecule has 52 heavy (non-hydrogen) atoms. The monoisotopic (exact) mass is 838 g/mol. The van der Waals surface area contributed by atoms with Crippen LogP contribution >= 0.6 is 31.9 Å². The Kier molecular flexibility index (Phi) is 20.9. The molecule has 2 nitrogen and oxygen atoms in total. The highest BCUT2D eigenvalue weighted by Crippen LogP contribution is 2.45. The maximum atomic E-state index is 3.94. The van der Waals surface area contributed by atoms with Crippen molar-refractivity contribution < 1.29 is 0 Å². The van der Waals surface area contributed by atoms with Gasteiger partial charge in [-0.05, 0) is 62.1 Å². The van der Waals surface area contributed by atoms with E-state index in [0.717, 1.165) is 0 Å². The van der Waals surface area contributed by atoms with Crippen LogP contribution in [0, 0.1) is 0 Å². The summed E-state index contributed by atoms with van der Waals surface area (Å²) in [4.78, 5) is 0. The van der Waals surface area contributed by atoms with Crippen molar-refractivity contribution in [3.8, 4) is 0 Å². The fraction of sp³-hybridized carbons (Fsp3) is 0.708. The number of aromatic nitrogens is 2. The van der Waals surface area contributed by atoms with Crippen LogP contribution in [0.25, 0.3) is 32.8 Å². The molecule has 2 aromatic heterocycles. The summed E-state index contributed by atoms with van der Waals surface area (Å²) in [5.74, 6) is 0. The van der Waals surface area contributed by atoms with Crippen LogP contribution in [-0.4, -0.2) is 9.13 Å². The molecule has 0 saturated carbocycles. The van der Waals surface area contributed by atoms with Gasteiger partial charge in [0.15, 0.2) is 0 Å². The number of nitrogens with zero attached hydrogens (tertiary/aromatic N) is 2. The van der Waals surface area contributed by atoms with Crippen LogP contribution < -0.4 is 0 Å². The third-order valence-electron chi connectivity index (χ3n) is 11.9. The first-order valence-corrected chi connectivity index (χ1v) is 24.1. The zero-order chi connectivity index (χ0) is 37.0. The lowest BCUT2D eigenvalue weighted by Gasteiger charge is -2.22. The van der Waals surface area contributed by atoms with Crippen LogP contribution in [0.2, 0.25) is 0 Å². The van der Waals surface area contributed by atoms with Crippen molar-refractivity contribution in [2.75, 3.05) is 0 Å². The van der Waals surface area contributed by atoms with Gasteiger partial charge in [0.05, 0.1) is 22.1 Å². The van der Waals surface area contributed by atoms with Gasteiger partial charge in [-0.3, -0.25) is 0 Å². The molecule has 292 valence electrons. The average molecular weight is 841 g/mol. The summed E-state index contributed by atoms with van der Waals surface area (Å²) in [7, 11) is 0. The predicted molar refractivity (Wildman–Crippen MR) is 240 cm³/mol. The largest absolute Gasteiger partial charge is 0.336 e. The van der Waals surface area contributed by atoms with Crippen molar-refractivity contribution >= 4 is 64.7 Å². The molecule has 0 aliphatic carbocycles. The summed E-state index contributed by atoms with van der Waals surface area (Å²) >= 11 is 7.87. The molecule has 4 aromatic rings. The van der Waals surface area contributed by atoms with E-state index in [1.807, 2.05) is 0 Å². The molecule has 2 heterocycles. The maximum Gasteiger partial charge on any atom is 0.0756 e. The molecule has 0 radical (unpaired) electrons. The molecule has 0 fully saturated rings. The first-order chi connectivity index (χ1) is 25.5. The molecule has 0 spiro atoms. The summed E-state index contributed by atoms with van der Waals surface area (Å²) < 4.78 is 8.14. The van der Waals surface area contributed by atoms with Gasteiger partial charge in [-0.2, -0.15) is 0 Å². The third kappa shape index (κ3) is 12.9. The fourth-order valence-corrected chi connectivity index (χ4v) is 9.70. The standard InChI is InChI=1S/C48H76Br2N2/c1-5-9-13-17-21-25-29-41(30-26-22-18-14-10-6-2)51-45-37-39(49)33-35-43(45)48-47(51)44-36-34-40(50)38-46(44)52(48)42(31-27-23-19-15-11-7-3)32-28-24-20-16-12-8-4/h33-38,41-42H,5-32H2,1-4H3. The lowest BCUT2D eigenvalue weighted by molar-refractivity contribution is 0.407. The normalized spacial score (nSPS) is 12.2. The lowest BCUT2D eigenvalue weighted by Crippen LogP contribution is -2.10. The zero-order valence-electron chi connectivity index (χ0n) is 34.1. The summed E-state index contributed by atoms with van der Waals surface area (Å²) in [6.45, 7) is 9.32. The lowest BCUT2D eigenvalue weighted by atomic mass is 9.99. The second-order valence-corrected chi connectivity index (χ2v) is 18.1. The van der Waals surface area contributed by atoms with E-state index in [4.69, 9.17) is 0 Å². The zero-order valence-corrected chi connectivity index (χ0v) is 37.2. The van der Waals surface area contributed by atoms with Crippen molar-refractivity contribution in [1.82, 2.24) is 9.13 Å². The molecule has 0 amide bonds. The summed E-state index contributed by atoms with van der Waals surface area (Å²) in [6, 6.07) is 15.5. The number of hydrogen-bond donors (Lipinski definition) is 0. The minimum atomic E-state index is 0.532. The Morgan fingerprint density at radius 1 is 0.385 bits per heavy atom. The van der Waals surface area contributed by atoms with E-state index in [2.05, 4.69) is 105 Å². The Balaban J connectivity index is 1.79. The van der Waals surface area contributed by atoms with Crippen LogP contribution in [0.15, 0.2) is 45.3 Å². The Hall–Kier alpha value is -1.26. The fourth-order valence-electron chi connectivity index (χ4n) is 9.00. The summed E-state index contributed by atoms with van der Waals surface area (Å²) in [5, 5.41) is 2.91. The number of halogens is 2. The molecular weight excluding hydrogens is 764 g/mol. The van der Waals surface area contributed by atoms with Crippen molar-refractivity contribution in [1.29, 1.82) is 0 Å². The van der Waals surface area contributed by atoms with E-state index in [0.29, 0.717) is 12.1 Å². The molecule has 0 aliphatic heterocycles. The van der Waals surface area contributed by atoms with Gasteiger partial charge in [-0.15, -0.1) is 0 Å². The van der Waals surface area contributed by atoms with Gasteiger partial charge in [0.2, 0.25) is 0 Å². The third-order valence-corrected chi connectivity index (χ3v) is 12.9. The molecular formula is C48H76Br2N2. The molecule has 0 saturated heterocycles. The second kappa shape index (κ2) is 25.0. The second-order valence-electron chi connectivity index (χ2n) is 16.3. The molecule has 0 N–H and O–H groups in total. The van der Waals surface area contributed by atoms with Gasteiger partial charge in [-0.1, -0.05) is 214 Å². The minimum absolute atomic E-state index is 0.532. The molecule has 0 aliphatic rings. The highest BCUT2D eigenvalue weighted by atomic mass is 79.9. The number of rotatable bonds is 30. The number of benzene rings is 2. The van der Waals surface area contributed by atoms with Crippen LogP contribution in [0.4, 0.5) is 0 Å². The van der Waals surface area contributed by atoms with Crippen molar-refractivity contribution in [3.63, 3.8) is 0 Å². The molecule has 4 rings (SSSR count). The molecule has 0 bridgehead atoms. The number of unbranched alkanes of at least 4 members (excludes halogenated alkanes) is 20. The maximum absolute atomic E-state index is 3.94. The van der Waals surface area contributed by atoms with Gasteiger partial charge >= 0.3 is 0 Å². The highest BCUT2D eigenvalue weighted by molar-refractivity contribution is 9.10.